The first-order valence-corrected chi connectivity index (χ1v) is 17.5. The lowest BCUT2D eigenvalue weighted by Gasteiger charge is -2.34. The van der Waals surface area contributed by atoms with Crippen molar-refractivity contribution in [2.24, 2.45) is 0 Å². The lowest BCUT2D eigenvalue weighted by Crippen LogP contribution is -2.54. The summed E-state index contributed by atoms with van der Waals surface area (Å²) in [6.45, 7) is 5.08. The maximum atomic E-state index is 14.7. The Labute approximate surface area is 288 Å². The van der Waals surface area contributed by atoms with Crippen molar-refractivity contribution in [2.75, 3.05) is 25.1 Å². The normalized spacial score (nSPS) is 12.5. The van der Waals surface area contributed by atoms with Crippen molar-refractivity contribution < 1.29 is 27.5 Å². The zero-order valence-corrected chi connectivity index (χ0v) is 29.4. The van der Waals surface area contributed by atoms with Crippen LogP contribution >= 0.6 is 11.6 Å². The van der Waals surface area contributed by atoms with E-state index < -0.39 is 28.5 Å². The van der Waals surface area contributed by atoms with Crippen molar-refractivity contribution in [2.45, 2.75) is 57.1 Å². The number of rotatable bonds is 15. The topological polar surface area (TPSA) is 105 Å². The van der Waals surface area contributed by atoms with Crippen molar-refractivity contribution in [1.82, 2.24) is 10.2 Å². The van der Waals surface area contributed by atoms with E-state index in [1.165, 1.54) is 30.2 Å². The largest absolute Gasteiger partial charge is 0.497 e. The highest BCUT2D eigenvalue weighted by molar-refractivity contribution is 7.92. The molecular formula is C37H42ClN3O6S. The van der Waals surface area contributed by atoms with Crippen LogP contribution in [0.2, 0.25) is 5.02 Å². The second kappa shape index (κ2) is 16.5. The SMILES string of the molecule is CC[C@H](C)NC(=O)[C@@H](Cc1ccccc1)N(Cc1cccc(OC)c1)C(=O)CN(c1cc(Cl)ccc1OC)S(=O)(=O)c1ccc(C)cc1. The smallest absolute Gasteiger partial charge is 0.264 e. The van der Waals surface area contributed by atoms with Crippen LogP contribution in [0.4, 0.5) is 5.69 Å². The summed E-state index contributed by atoms with van der Waals surface area (Å²) in [6, 6.07) is 26.4. The van der Waals surface area contributed by atoms with Gasteiger partial charge in [0.05, 0.1) is 24.8 Å². The minimum Gasteiger partial charge on any atom is -0.497 e. The van der Waals surface area contributed by atoms with Crippen LogP contribution in [0.3, 0.4) is 0 Å². The van der Waals surface area contributed by atoms with Gasteiger partial charge in [-0.15, -0.1) is 0 Å². The summed E-state index contributed by atoms with van der Waals surface area (Å²) < 4.78 is 40.7. The second-order valence-corrected chi connectivity index (χ2v) is 13.8. The number of hydrogen-bond donors (Lipinski definition) is 1. The number of nitrogens with one attached hydrogen (secondary N) is 1. The van der Waals surface area contributed by atoms with Crippen LogP contribution < -0.4 is 19.1 Å². The molecule has 4 rings (SSSR count). The summed E-state index contributed by atoms with van der Waals surface area (Å²) in [5.74, 6) is -0.165. The number of carbonyl (C=O) groups is 2. The number of methoxy groups -OCH3 is 2. The molecule has 0 saturated heterocycles. The highest BCUT2D eigenvalue weighted by Crippen LogP contribution is 2.35. The molecule has 2 amide bonds. The van der Waals surface area contributed by atoms with E-state index in [1.54, 1.807) is 49.6 Å². The quantitative estimate of drug-likeness (QED) is 0.154. The first kappa shape index (κ1) is 36.3. The summed E-state index contributed by atoms with van der Waals surface area (Å²) in [5.41, 5.74) is 2.50. The van der Waals surface area contributed by atoms with E-state index in [-0.39, 0.29) is 46.3 Å². The molecule has 0 unspecified atom stereocenters. The number of anilines is 1. The Bertz CT molecular complexity index is 1800. The Morgan fingerprint density at radius 3 is 2.21 bits per heavy atom. The zero-order valence-electron chi connectivity index (χ0n) is 27.9. The summed E-state index contributed by atoms with van der Waals surface area (Å²) >= 11 is 6.38. The van der Waals surface area contributed by atoms with Gasteiger partial charge in [-0.25, -0.2) is 8.42 Å². The van der Waals surface area contributed by atoms with Gasteiger partial charge >= 0.3 is 0 Å². The number of carbonyl (C=O) groups excluding carboxylic acids is 2. The molecule has 0 bridgehead atoms. The van der Waals surface area contributed by atoms with Crippen LogP contribution in [0.1, 0.15) is 37.0 Å². The van der Waals surface area contributed by atoms with Crippen molar-refractivity contribution in [3.63, 3.8) is 0 Å². The summed E-state index contributed by atoms with van der Waals surface area (Å²) in [5, 5.41) is 3.29. The second-order valence-electron chi connectivity index (χ2n) is 11.5. The van der Waals surface area contributed by atoms with Gasteiger partial charge in [0.2, 0.25) is 11.8 Å². The average Bonchev–Trinajstić information content (AvgIpc) is 3.09. The molecule has 11 heteroatoms. The van der Waals surface area contributed by atoms with Gasteiger partial charge in [-0.3, -0.25) is 13.9 Å². The van der Waals surface area contributed by atoms with Crippen LogP contribution in [0.5, 0.6) is 11.5 Å². The Morgan fingerprint density at radius 2 is 1.56 bits per heavy atom. The van der Waals surface area contributed by atoms with E-state index in [2.05, 4.69) is 5.32 Å². The number of benzene rings is 4. The summed E-state index contributed by atoms with van der Waals surface area (Å²) in [7, 11) is -1.37. The molecule has 0 aliphatic carbocycles. The molecule has 0 heterocycles. The zero-order chi connectivity index (χ0) is 34.8. The molecule has 0 fully saturated rings. The predicted octanol–water partition coefficient (Wildman–Crippen LogP) is 6.42. The summed E-state index contributed by atoms with van der Waals surface area (Å²) in [4.78, 5) is 30.2. The fraction of sp³-hybridized carbons (Fsp3) is 0.297. The molecule has 9 nitrogen and oxygen atoms in total. The molecule has 0 spiro atoms. The number of ether oxygens (including phenoxy) is 2. The maximum Gasteiger partial charge on any atom is 0.264 e. The van der Waals surface area contributed by atoms with Gasteiger partial charge in [-0.1, -0.05) is 78.7 Å². The van der Waals surface area contributed by atoms with E-state index in [0.29, 0.717) is 17.7 Å². The minimum absolute atomic E-state index is 0.00651. The molecule has 254 valence electrons. The van der Waals surface area contributed by atoms with Gasteiger partial charge in [0, 0.05) is 24.0 Å². The van der Waals surface area contributed by atoms with E-state index in [0.717, 1.165) is 15.4 Å². The van der Waals surface area contributed by atoms with E-state index >= 15 is 0 Å². The maximum absolute atomic E-state index is 14.7. The van der Waals surface area contributed by atoms with Crippen LogP contribution in [-0.4, -0.2) is 58.0 Å². The van der Waals surface area contributed by atoms with Crippen LogP contribution in [-0.2, 0) is 32.6 Å². The summed E-state index contributed by atoms with van der Waals surface area (Å²) in [6.07, 6.45) is 0.884. The Kier molecular flexibility index (Phi) is 12.5. The number of sulfonamides is 1. The first-order valence-electron chi connectivity index (χ1n) is 15.7. The lowest BCUT2D eigenvalue weighted by atomic mass is 10.0. The molecular weight excluding hydrogens is 650 g/mol. The number of nitrogens with zero attached hydrogens (tertiary/aromatic N) is 2. The van der Waals surface area contributed by atoms with Crippen molar-refractivity contribution in [3.05, 3.63) is 119 Å². The monoisotopic (exact) mass is 691 g/mol. The minimum atomic E-state index is -4.33. The number of halogens is 1. The molecule has 0 saturated carbocycles. The molecule has 0 aliphatic rings. The van der Waals surface area contributed by atoms with Gasteiger partial charge in [-0.05, 0) is 73.9 Å². The van der Waals surface area contributed by atoms with Gasteiger partial charge in [0.15, 0.2) is 0 Å². The Hall–Kier alpha value is -4.54. The van der Waals surface area contributed by atoms with Crippen LogP contribution in [0.15, 0.2) is 102 Å². The fourth-order valence-electron chi connectivity index (χ4n) is 5.17. The molecule has 0 aromatic heterocycles. The van der Waals surface area contributed by atoms with Crippen molar-refractivity contribution in [3.8, 4) is 11.5 Å². The molecule has 2 atom stereocenters. The molecule has 0 aliphatic heterocycles. The van der Waals surface area contributed by atoms with Crippen molar-refractivity contribution >= 4 is 39.1 Å². The van der Waals surface area contributed by atoms with Gasteiger partial charge in [0.1, 0.15) is 24.1 Å². The van der Waals surface area contributed by atoms with E-state index in [1.807, 2.05) is 57.2 Å². The molecule has 0 radical (unpaired) electrons. The van der Waals surface area contributed by atoms with Gasteiger partial charge in [-0.2, -0.15) is 0 Å². The van der Waals surface area contributed by atoms with Gasteiger partial charge < -0.3 is 19.7 Å². The van der Waals surface area contributed by atoms with Crippen LogP contribution in [0, 0.1) is 6.92 Å². The standard InChI is InChI=1S/C37H42ClN3O6S/c1-6-27(3)39-37(43)34(22-28-11-8-7-9-12-28)40(24-29-13-10-14-31(21-29)46-4)36(42)25-41(33-23-30(38)17-20-35(33)47-5)48(44,45)32-18-15-26(2)16-19-32/h7-21,23,27,34H,6,22,24-25H2,1-5H3,(H,39,43)/t27-,34+/m0/s1. The van der Waals surface area contributed by atoms with E-state index in [4.69, 9.17) is 21.1 Å². The lowest BCUT2D eigenvalue weighted by molar-refractivity contribution is -0.140. The Balaban J connectivity index is 1.87. The molecule has 48 heavy (non-hydrogen) atoms. The van der Waals surface area contributed by atoms with Crippen LogP contribution in [0.25, 0.3) is 0 Å². The Morgan fingerprint density at radius 1 is 0.875 bits per heavy atom. The third-order valence-corrected chi connectivity index (χ3v) is 10.1. The van der Waals surface area contributed by atoms with Crippen molar-refractivity contribution in [1.29, 1.82) is 0 Å². The average molecular weight is 692 g/mol. The highest BCUT2D eigenvalue weighted by atomic mass is 35.5. The third-order valence-electron chi connectivity index (χ3n) is 8.06. The highest BCUT2D eigenvalue weighted by Gasteiger charge is 2.36. The molecule has 1 N–H and O–H groups in total. The van der Waals surface area contributed by atoms with E-state index in [9.17, 15) is 18.0 Å². The van der Waals surface area contributed by atoms with Gasteiger partial charge in [0.25, 0.3) is 10.0 Å². The predicted molar refractivity (Wildman–Crippen MR) is 189 cm³/mol. The first-order chi connectivity index (χ1) is 23.0. The number of aryl methyl sites for hydroxylation is 1. The molecule has 4 aromatic carbocycles. The number of hydrogen-bond acceptors (Lipinski definition) is 6. The third kappa shape index (κ3) is 9.08. The number of amides is 2. The molecule has 4 aromatic rings. The fourth-order valence-corrected chi connectivity index (χ4v) is 6.75.